The van der Waals surface area contributed by atoms with Crippen LogP contribution in [-0.4, -0.2) is 73.4 Å². The molecule has 0 spiro atoms. The third-order valence-electron chi connectivity index (χ3n) is 15.3. The fraction of sp³-hybridized carbons (Fsp3) is 0.953. The van der Waals surface area contributed by atoms with Gasteiger partial charge in [-0.05, 0) is 38.5 Å². The van der Waals surface area contributed by atoms with Gasteiger partial charge in [-0.2, -0.15) is 0 Å². The van der Waals surface area contributed by atoms with Crippen molar-refractivity contribution < 1.29 is 32.9 Å². The Labute approximate surface area is 456 Å². The van der Waals surface area contributed by atoms with Crippen LogP contribution in [0, 0.1) is 0 Å². The second-order valence-electron chi connectivity index (χ2n) is 23.9. The van der Waals surface area contributed by atoms with Gasteiger partial charge in [0.15, 0.2) is 0 Å². The summed E-state index contributed by atoms with van der Waals surface area (Å²) in [7, 11) is 1.63. The molecule has 0 saturated carbocycles. The van der Waals surface area contributed by atoms with Crippen LogP contribution < -0.4 is 5.32 Å². The van der Waals surface area contributed by atoms with Crippen molar-refractivity contribution in [2.45, 2.75) is 353 Å². The quantitative estimate of drug-likeness (QED) is 0.0243. The first kappa shape index (κ1) is 72.2. The van der Waals surface area contributed by atoms with Crippen LogP contribution in [0.15, 0.2) is 12.2 Å². The molecule has 1 amide bonds. The SMILES string of the molecule is CCCCCCCCCCCCCC/C=C\CCCCCCCCCCCCCCCCCC(=O)NC(COP(=O)(O)OCC[N+](C)(C)C)C(O)CCCCCCCCCCCCCCCCCCCCCC. The molecule has 0 aromatic carbocycles. The van der Waals surface area contributed by atoms with Crippen molar-refractivity contribution in [2.75, 3.05) is 40.9 Å². The molecule has 0 aliphatic rings. The molecule has 0 aromatic rings. The van der Waals surface area contributed by atoms with E-state index in [4.69, 9.17) is 9.05 Å². The van der Waals surface area contributed by atoms with Gasteiger partial charge in [-0.1, -0.05) is 309 Å². The number of likely N-dealkylation sites (N-methyl/N-ethyl adjacent to an activating group) is 1. The van der Waals surface area contributed by atoms with Crippen LogP contribution in [0.2, 0.25) is 0 Å². The van der Waals surface area contributed by atoms with E-state index in [1.807, 2.05) is 21.1 Å². The summed E-state index contributed by atoms with van der Waals surface area (Å²) in [5, 5.41) is 14.1. The van der Waals surface area contributed by atoms with Crippen molar-refractivity contribution in [2.24, 2.45) is 0 Å². The number of nitrogens with zero attached hydrogens (tertiary/aromatic N) is 1. The van der Waals surface area contributed by atoms with Gasteiger partial charge in [-0.15, -0.1) is 0 Å². The van der Waals surface area contributed by atoms with Crippen LogP contribution in [-0.2, 0) is 18.4 Å². The number of quaternary nitrogens is 1. The topological polar surface area (TPSA) is 105 Å². The van der Waals surface area contributed by atoms with Crippen molar-refractivity contribution in [1.29, 1.82) is 0 Å². The monoisotopic (exact) mass is 1050 g/mol. The molecule has 0 heterocycles. The zero-order chi connectivity index (χ0) is 53.5. The van der Waals surface area contributed by atoms with Crippen molar-refractivity contribution in [3.05, 3.63) is 12.2 Å². The maximum absolute atomic E-state index is 13.0. The normalized spacial score (nSPS) is 13.8. The Morgan fingerprint density at radius 1 is 0.452 bits per heavy atom. The number of nitrogens with one attached hydrogen (secondary N) is 1. The lowest BCUT2D eigenvalue weighted by Crippen LogP contribution is -2.46. The van der Waals surface area contributed by atoms with Crippen molar-refractivity contribution in [3.63, 3.8) is 0 Å². The minimum Gasteiger partial charge on any atom is -0.391 e. The van der Waals surface area contributed by atoms with E-state index < -0.39 is 20.0 Å². The second-order valence-corrected chi connectivity index (χ2v) is 25.3. The number of amides is 1. The number of unbranched alkanes of at least 4 members (excludes halogenated alkanes) is 46. The Balaban J connectivity index is 4.02. The molecule has 3 N–H and O–H groups in total. The minimum atomic E-state index is -4.32. The largest absolute Gasteiger partial charge is 0.472 e. The molecule has 0 aliphatic heterocycles. The van der Waals surface area contributed by atoms with E-state index in [9.17, 15) is 19.4 Å². The van der Waals surface area contributed by atoms with Crippen LogP contribution in [0.25, 0.3) is 0 Å². The third kappa shape index (κ3) is 58.8. The first-order valence-corrected chi connectivity index (χ1v) is 34.0. The van der Waals surface area contributed by atoms with Gasteiger partial charge < -0.3 is 19.8 Å². The number of allylic oxidation sites excluding steroid dienone is 2. The van der Waals surface area contributed by atoms with E-state index in [0.29, 0.717) is 23.9 Å². The molecule has 0 aliphatic carbocycles. The number of carbonyl (C=O) groups excluding carboxylic acids is 1. The highest BCUT2D eigenvalue weighted by Gasteiger charge is 2.28. The molecule has 0 fully saturated rings. The standard InChI is InChI=1S/C64H129N2O6P/c1-6-8-10-12-14-16-18-20-22-24-26-28-29-30-31-32-33-34-35-36-37-38-40-42-44-46-48-50-52-54-56-58-64(68)65-62(61-72-73(69,70)71-60-59-66(3,4)5)63(67)57-55-53-51-49-47-45-43-41-39-27-25-23-21-19-17-15-13-11-9-7-2/h30-31,62-63,67H,6-29,32-61H2,1-5H3,(H-,65,68,69,70)/p+1/b31-30-. The number of aliphatic hydroxyl groups excluding tert-OH is 1. The molecule has 0 bridgehead atoms. The number of phosphoric ester groups is 1. The highest BCUT2D eigenvalue weighted by atomic mass is 31.2. The summed E-state index contributed by atoms with van der Waals surface area (Å²) in [4.78, 5) is 23.4. The smallest absolute Gasteiger partial charge is 0.391 e. The van der Waals surface area contributed by atoms with Gasteiger partial charge in [0.1, 0.15) is 13.2 Å². The van der Waals surface area contributed by atoms with Gasteiger partial charge in [-0.3, -0.25) is 13.8 Å². The Hall–Kier alpha value is -0.760. The molecule has 0 aromatic heterocycles. The molecule has 3 atom stereocenters. The van der Waals surface area contributed by atoms with Gasteiger partial charge in [-0.25, -0.2) is 4.57 Å². The van der Waals surface area contributed by atoms with E-state index in [-0.39, 0.29) is 19.1 Å². The number of hydrogen-bond donors (Lipinski definition) is 3. The fourth-order valence-corrected chi connectivity index (χ4v) is 10.9. The van der Waals surface area contributed by atoms with E-state index in [1.54, 1.807) is 0 Å². The number of aliphatic hydroxyl groups is 1. The molecule has 9 heteroatoms. The molecule has 73 heavy (non-hydrogen) atoms. The number of phosphoric acid groups is 1. The fourth-order valence-electron chi connectivity index (χ4n) is 10.2. The van der Waals surface area contributed by atoms with Gasteiger partial charge in [0, 0.05) is 6.42 Å². The number of carbonyl (C=O) groups is 1. The maximum atomic E-state index is 13.0. The summed E-state index contributed by atoms with van der Waals surface area (Å²) in [6.07, 6.45) is 70.1. The molecule has 3 unspecified atom stereocenters. The summed E-state index contributed by atoms with van der Waals surface area (Å²) in [6.45, 7) is 4.95. The van der Waals surface area contributed by atoms with Crippen LogP contribution in [0.4, 0.5) is 0 Å². The highest BCUT2D eigenvalue weighted by molar-refractivity contribution is 7.47. The van der Waals surface area contributed by atoms with Gasteiger partial charge in [0.25, 0.3) is 0 Å². The molecule has 436 valence electrons. The summed E-state index contributed by atoms with van der Waals surface area (Å²) >= 11 is 0. The van der Waals surface area contributed by atoms with Gasteiger partial charge >= 0.3 is 7.82 Å². The van der Waals surface area contributed by atoms with E-state index in [1.165, 1.54) is 276 Å². The molecular weight excluding hydrogens is 924 g/mol. The Bertz CT molecular complexity index is 1200. The van der Waals surface area contributed by atoms with Gasteiger partial charge in [0.2, 0.25) is 5.91 Å². The molecular formula is C64H130N2O6P+. The first-order chi connectivity index (χ1) is 35.5. The average Bonchev–Trinajstić information content (AvgIpc) is 3.35. The van der Waals surface area contributed by atoms with E-state index >= 15 is 0 Å². The molecule has 0 rings (SSSR count). The summed E-state index contributed by atoms with van der Waals surface area (Å²) in [6, 6.07) is -0.758. The molecule has 0 radical (unpaired) electrons. The van der Waals surface area contributed by atoms with Crippen LogP contribution in [0.5, 0.6) is 0 Å². The average molecular weight is 1050 g/mol. The summed E-state index contributed by atoms with van der Waals surface area (Å²) < 4.78 is 23.8. The lowest BCUT2D eigenvalue weighted by molar-refractivity contribution is -0.870. The van der Waals surface area contributed by atoms with Crippen LogP contribution in [0.3, 0.4) is 0 Å². The first-order valence-electron chi connectivity index (χ1n) is 32.6. The summed E-state index contributed by atoms with van der Waals surface area (Å²) in [5.41, 5.74) is 0. The maximum Gasteiger partial charge on any atom is 0.472 e. The van der Waals surface area contributed by atoms with Crippen molar-refractivity contribution in [3.8, 4) is 0 Å². The predicted molar refractivity (Wildman–Crippen MR) is 319 cm³/mol. The zero-order valence-electron chi connectivity index (χ0n) is 49.9. The lowest BCUT2D eigenvalue weighted by Gasteiger charge is -2.26. The molecule has 8 nitrogen and oxygen atoms in total. The number of hydrogen-bond acceptors (Lipinski definition) is 5. The summed E-state index contributed by atoms with van der Waals surface area (Å²) in [5.74, 6) is -0.137. The van der Waals surface area contributed by atoms with E-state index in [2.05, 4.69) is 31.3 Å². The van der Waals surface area contributed by atoms with Crippen LogP contribution >= 0.6 is 7.82 Å². The van der Waals surface area contributed by atoms with Gasteiger partial charge in [0.05, 0.1) is 39.9 Å². The highest BCUT2D eigenvalue weighted by Crippen LogP contribution is 2.43. The predicted octanol–water partition coefficient (Wildman–Crippen LogP) is 20.2. The Morgan fingerprint density at radius 2 is 0.740 bits per heavy atom. The third-order valence-corrected chi connectivity index (χ3v) is 16.2. The Kier molecular flexibility index (Phi) is 55.4. The van der Waals surface area contributed by atoms with E-state index in [0.717, 1.165) is 38.5 Å². The zero-order valence-corrected chi connectivity index (χ0v) is 50.8. The van der Waals surface area contributed by atoms with Crippen molar-refractivity contribution in [1.82, 2.24) is 5.32 Å². The Morgan fingerprint density at radius 3 is 1.05 bits per heavy atom. The number of rotatable bonds is 61. The molecule has 0 saturated heterocycles. The van der Waals surface area contributed by atoms with Crippen LogP contribution in [0.1, 0.15) is 341 Å². The minimum absolute atomic E-state index is 0.0779. The lowest BCUT2D eigenvalue weighted by atomic mass is 10.0. The van der Waals surface area contributed by atoms with Crippen molar-refractivity contribution >= 4 is 13.7 Å². The second kappa shape index (κ2) is 56.0.